The SMILES string of the molecule is CCCC[C@@H](C(=O)N(C)C(c1ccccc1)c1ccccc1)N(CN)NC(=O)COc1ccccc1. The molecular weight excluding hydrogens is 452 g/mol. The zero-order valence-electron chi connectivity index (χ0n) is 21.0. The molecule has 3 aromatic rings. The van der Waals surface area contributed by atoms with Crippen molar-refractivity contribution >= 4 is 11.8 Å². The summed E-state index contributed by atoms with van der Waals surface area (Å²) in [6.45, 7) is 1.88. The van der Waals surface area contributed by atoms with Crippen LogP contribution in [0.5, 0.6) is 5.75 Å². The zero-order chi connectivity index (χ0) is 25.8. The van der Waals surface area contributed by atoms with E-state index in [1.807, 2.05) is 78.9 Å². The van der Waals surface area contributed by atoms with Crippen LogP contribution in [0, 0.1) is 0 Å². The van der Waals surface area contributed by atoms with Gasteiger partial charge < -0.3 is 15.4 Å². The first-order valence-electron chi connectivity index (χ1n) is 12.4. The lowest BCUT2D eigenvalue weighted by Gasteiger charge is -2.36. The number of ether oxygens (including phenoxy) is 1. The second-order valence-corrected chi connectivity index (χ2v) is 8.62. The number of unbranched alkanes of at least 4 members (excludes halogenated alkanes) is 1. The van der Waals surface area contributed by atoms with Gasteiger partial charge in [0.1, 0.15) is 11.8 Å². The highest BCUT2D eigenvalue weighted by Gasteiger charge is 2.33. The molecule has 0 aliphatic carbocycles. The summed E-state index contributed by atoms with van der Waals surface area (Å²) in [5.74, 6) is 0.110. The van der Waals surface area contributed by atoms with Crippen molar-refractivity contribution in [2.24, 2.45) is 5.73 Å². The smallest absolute Gasteiger partial charge is 0.272 e. The molecule has 36 heavy (non-hydrogen) atoms. The van der Waals surface area contributed by atoms with E-state index in [1.54, 1.807) is 24.1 Å². The van der Waals surface area contributed by atoms with Crippen LogP contribution in [-0.4, -0.2) is 48.1 Å². The van der Waals surface area contributed by atoms with Gasteiger partial charge in [-0.25, -0.2) is 0 Å². The first-order chi connectivity index (χ1) is 17.5. The Morgan fingerprint density at radius 1 is 0.889 bits per heavy atom. The molecule has 0 spiro atoms. The van der Waals surface area contributed by atoms with E-state index in [-0.39, 0.29) is 31.1 Å². The van der Waals surface area contributed by atoms with Crippen molar-refractivity contribution < 1.29 is 14.3 Å². The van der Waals surface area contributed by atoms with Crippen LogP contribution in [0.15, 0.2) is 91.0 Å². The van der Waals surface area contributed by atoms with Crippen LogP contribution >= 0.6 is 0 Å². The summed E-state index contributed by atoms with van der Waals surface area (Å²) in [4.78, 5) is 28.4. The van der Waals surface area contributed by atoms with Crippen LogP contribution in [0.4, 0.5) is 0 Å². The minimum Gasteiger partial charge on any atom is -0.484 e. The predicted octanol–water partition coefficient (Wildman–Crippen LogP) is 4.12. The molecule has 3 rings (SSSR count). The van der Waals surface area contributed by atoms with Crippen LogP contribution < -0.4 is 15.9 Å². The Morgan fingerprint density at radius 3 is 1.92 bits per heavy atom. The highest BCUT2D eigenvalue weighted by molar-refractivity contribution is 5.83. The van der Waals surface area contributed by atoms with Crippen molar-refractivity contribution in [2.45, 2.75) is 38.3 Å². The van der Waals surface area contributed by atoms with Gasteiger partial charge in [0, 0.05) is 7.05 Å². The molecule has 0 bridgehead atoms. The third-order valence-electron chi connectivity index (χ3n) is 6.04. The van der Waals surface area contributed by atoms with Crippen LogP contribution in [0.25, 0.3) is 0 Å². The topological polar surface area (TPSA) is 87.9 Å². The van der Waals surface area contributed by atoms with Gasteiger partial charge in [0.05, 0.1) is 12.7 Å². The quantitative estimate of drug-likeness (QED) is 0.279. The van der Waals surface area contributed by atoms with Gasteiger partial charge in [-0.15, -0.1) is 0 Å². The second kappa shape index (κ2) is 14.0. The summed E-state index contributed by atoms with van der Waals surface area (Å²) >= 11 is 0. The Labute approximate surface area is 213 Å². The monoisotopic (exact) mass is 488 g/mol. The first kappa shape index (κ1) is 26.9. The van der Waals surface area contributed by atoms with Crippen molar-refractivity contribution in [2.75, 3.05) is 20.3 Å². The molecule has 0 saturated heterocycles. The molecule has 3 N–H and O–H groups in total. The molecule has 7 heteroatoms. The van der Waals surface area contributed by atoms with Crippen molar-refractivity contribution in [3.63, 3.8) is 0 Å². The van der Waals surface area contributed by atoms with Crippen molar-refractivity contribution in [3.05, 3.63) is 102 Å². The molecule has 190 valence electrons. The van der Waals surface area contributed by atoms with E-state index >= 15 is 0 Å². The number of nitrogens with two attached hydrogens (primary N) is 1. The maximum atomic E-state index is 13.9. The molecule has 7 nitrogen and oxygen atoms in total. The average molecular weight is 489 g/mol. The minimum atomic E-state index is -0.615. The maximum Gasteiger partial charge on any atom is 0.272 e. The Morgan fingerprint density at radius 2 is 1.42 bits per heavy atom. The van der Waals surface area contributed by atoms with Crippen molar-refractivity contribution in [1.29, 1.82) is 0 Å². The fourth-order valence-corrected chi connectivity index (χ4v) is 4.19. The predicted molar refractivity (Wildman–Crippen MR) is 142 cm³/mol. The number of hydrogen-bond donors (Lipinski definition) is 2. The molecule has 1 atom stereocenters. The number of carbonyl (C=O) groups excluding carboxylic acids is 2. The summed E-state index contributed by atoms with van der Waals surface area (Å²) < 4.78 is 5.56. The number of nitrogens with one attached hydrogen (secondary N) is 1. The van der Waals surface area contributed by atoms with Gasteiger partial charge in [-0.2, -0.15) is 5.01 Å². The van der Waals surface area contributed by atoms with E-state index in [2.05, 4.69) is 12.3 Å². The highest BCUT2D eigenvalue weighted by atomic mass is 16.5. The van der Waals surface area contributed by atoms with Gasteiger partial charge in [-0.1, -0.05) is 98.6 Å². The molecule has 0 aliphatic heterocycles. The summed E-state index contributed by atoms with van der Waals surface area (Å²) in [7, 11) is 1.81. The van der Waals surface area contributed by atoms with Crippen molar-refractivity contribution in [1.82, 2.24) is 15.3 Å². The number of para-hydroxylation sites is 1. The molecule has 2 amide bonds. The molecule has 0 radical (unpaired) electrons. The number of hydrogen-bond acceptors (Lipinski definition) is 5. The third kappa shape index (κ3) is 7.41. The number of hydrazine groups is 1. The van der Waals surface area contributed by atoms with Gasteiger partial charge in [-0.3, -0.25) is 15.0 Å². The fraction of sp³-hybridized carbons (Fsp3) is 0.310. The van der Waals surface area contributed by atoms with E-state index in [4.69, 9.17) is 10.5 Å². The highest BCUT2D eigenvalue weighted by Crippen LogP contribution is 2.29. The number of nitrogens with zero attached hydrogens (tertiary/aromatic N) is 2. The first-order valence-corrected chi connectivity index (χ1v) is 12.4. The third-order valence-corrected chi connectivity index (χ3v) is 6.04. The molecule has 0 unspecified atom stereocenters. The maximum absolute atomic E-state index is 13.9. The second-order valence-electron chi connectivity index (χ2n) is 8.62. The van der Waals surface area contributed by atoms with E-state index < -0.39 is 6.04 Å². The molecule has 0 aromatic heterocycles. The Kier molecular flexibility index (Phi) is 10.5. The number of benzene rings is 3. The molecule has 0 saturated carbocycles. The van der Waals surface area contributed by atoms with Gasteiger partial charge in [0.15, 0.2) is 6.61 Å². The van der Waals surface area contributed by atoms with Gasteiger partial charge in [-0.05, 0) is 29.7 Å². The Bertz CT molecular complexity index is 1020. The average Bonchev–Trinajstić information content (AvgIpc) is 2.93. The fourth-order valence-electron chi connectivity index (χ4n) is 4.19. The van der Waals surface area contributed by atoms with E-state index in [0.29, 0.717) is 12.2 Å². The summed E-state index contributed by atoms with van der Waals surface area (Å²) in [5.41, 5.74) is 10.8. The van der Waals surface area contributed by atoms with Crippen LogP contribution in [0.3, 0.4) is 0 Å². The number of rotatable bonds is 13. The normalized spacial score (nSPS) is 11.8. The number of amides is 2. The minimum absolute atomic E-state index is 0.00756. The zero-order valence-corrected chi connectivity index (χ0v) is 21.0. The largest absolute Gasteiger partial charge is 0.484 e. The molecular formula is C29H36N4O3. The Balaban J connectivity index is 1.80. The summed E-state index contributed by atoms with van der Waals surface area (Å²) in [5, 5.41) is 1.53. The van der Waals surface area contributed by atoms with Crippen LogP contribution in [0.2, 0.25) is 0 Å². The summed E-state index contributed by atoms with van der Waals surface area (Å²) in [6, 6.07) is 28.1. The number of likely N-dealkylation sites (N-methyl/N-ethyl adjacent to an activating group) is 1. The van der Waals surface area contributed by atoms with E-state index in [0.717, 1.165) is 24.0 Å². The molecule has 3 aromatic carbocycles. The summed E-state index contributed by atoms with van der Waals surface area (Å²) in [6.07, 6.45) is 2.29. The lowest BCUT2D eigenvalue weighted by molar-refractivity contribution is -0.142. The lowest BCUT2D eigenvalue weighted by atomic mass is 9.96. The number of carbonyl (C=O) groups is 2. The van der Waals surface area contributed by atoms with Gasteiger partial charge >= 0.3 is 0 Å². The lowest BCUT2D eigenvalue weighted by Crippen LogP contribution is -2.57. The van der Waals surface area contributed by atoms with E-state index in [1.165, 1.54) is 5.01 Å². The molecule has 0 heterocycles. The van der Waals surface area contributed by atoms with E-state index in [9.17, 15) is 9.59 Å². The molecule has 0 aliphatic rings. The standard InChI is InChI=1S/C29H36N4O3/c1-3-4-20-26(33(22-30)31-27(34)21-36-25-18-12-7-13-19-25)29(35)32(2)28(23-14-8-5-9-15-23)24-16-10-6-11-17-24/h5-19,26,28H,3-4,20-22,30H2,1-2H3,(H,31,34)/t26-/m0/s1. The van der Waals surface area contributed by atoms with Gasteiger partial charge in [0.25, 0.3) is 5.91 Å². The molecule has 0 fully saturated rings. The van der Waals surface area contributed by atoms with Crippen LogP contribution in [0.1, 0.15) is 43.4 Å². The van der Waals surface area contributed by atoms with Crippen molar-refractivity contribution in [3.8, 4) is 5.75 Å². The van der Waals surface area contributed by atoms with Gasteiger partial charge in [0.2, 0.25) is 5.91 Å². The van der Waals surface area contributed by atoms with Crippen LogP contribution in [-0.2, 0) is 9.59 Å². The Hall–Kier alpha value is -3.68.